The quantitative estimate of drug-likeness (QED) is 0.695. The molecule has 1 N–H and O–H groups in total. The summed E-state index contributed by atoms with van der Waals surface area (Å²) in [6.07, 6.45) is 4.25. The van der Waals surface area contributed by atoms with Crippen LogP contribution in [0.3, 0.4) is 0 Å². The van der Waals surface area contributed by atoms with E-state index in [0.717, 1.165) is 17.5 Å². The molecule has 2 aliphatic heterocycles. The normalized spacial score (nSPS) is 18.6. The van der Waals surface area contributed by atoms with Crippen molar-refractivity contribution in [3.05, 3.63) is 100 Å². The van der Waals surface area contributed by atoms with Crippen molar-refractivity contribution in [2.24, 2.45) is 0 Å². The molecule has 156 valence electrons. The number of rotatable bonds is 3. The topological polar surface area (TPSA) is 62.3 Å². The smallest absolute Gasteiger partial charge is 0.255 e. The molecule has 3 aromatic rings. The van der Waals surface area contributed by atoms with Crippen molar-refractivity contribution in [2.75, 3.05) is 0 Å². The van der Waals surface area contributed by atoms with Crippen LogP contribution in [0.25, 0.3) is 0 Å². The van der Waals surface area contributed by atoms with E-state index in [0.29, 0.717) is 24.2 Å². The van der Waals surface area contributed by atoms with Crippen molar-refractivity contribution >= 4 is 11.8 Å². The van der Waals surface area contributed by atoms with Gasteiger partial charge in [0.1, 0.15) is 0 Å². The Balaban J connectivity index is 1.48. The van der Waals surface area contributed by atoms with E-state index in [1.165, 1.54) is 11.1 Å². The number of amides is 2. The second kappa shape index (κ2) is 7.34. The first-order valence-electron chi connectivity index (χ1n) is 10.6. The Morgan fingerprint density at radius 1 is 1.13 bits per heavy atom. The molecule has 0 aliphatic carbocycles. The molecule has 2 amide bonds. The third kappa shape index (κ3) is 3.30. The summed E-state index contributed by atoms with van der Waals surface area (Å²) in [5.41, 5.74) is 5.28. The van der Waals surface area contributed by atoms with Gasteiger partial charge in [0.05, 0.1) is 17.2 Å². The first-order valence-corrected chi connectivity index (χ1v) is 10.6. The molecule has 0 bridgehead atoms. The first kappa shape index (κ1) is 19.5. The summed E-state index contributed by atoms with van der Waals surface area (Å²) in [7, 11) is 0. The van der Waals surface area contributed by atoms with E-state index in [9.17, 15) is 9.59 Å². The van der Waals surface area contributed by atoms with Gasteiger partial charge in [0, 0.05) is 25.5 Å². The summed E-state index contributed by atoms with van der Waals surface area (Å²) in [6, 6.07) is 17.7. The van der Waals surface area contributed by atoms with Gasteiger partial charge in [0.25, 0.3) is 11.8 Å². The predicted octanol–water partition coefficient (Wildman–Crippen LogP) is 4.39. The van der Waals surface area contributed by atoms with E-state index in [2.05, 4.69) is 42.3 Å². The number of carbonyl (C=O) groups is 2. The van der Waals surface area contributed by atoms with Gasteiger partial charge in [-0.2, -0.15) is 0 Å². The molecular weight excluding hydrogens is 386 g/mol. The minimum atomic E-state index is -0.230. The fourth-order valence-corrected chi connectivity index (χ4v) is 5.01. The van der Waals surface area contributed by atoms with Crippen molar-refractivity contribution in [2.45, 2.75) is 44.8 Å². The number of nitrogens with one attached hydrogen (secondary N) is 1. The highest BCUT2D eigenvalue weighted by atomic mass is 16.2. The Morgan fingerprint density at radius 2 is 1.97 bits per heavy atom. The number of hydrogen-bond donors (Lipinski definition) is 1. The Kier molecular flexibility index (Phi) is 4.62. The average molecular weight is 412 g/mol. The number of hydrogen-bond acceptors (Lipinski definition) is 3. The molecule has 2 aromatic carbocycles. The number of fused-ring (bicyclic) bond motifs is 4. The van der Waals surface area contributed by atoms with E-state index in [-0.39, 0.29) is 23.3 Å². The van der Waals surface area contributed by atoms with E-state index in [4.69, 9.17) is 0 Å². The second-order valence-electron chi connectivity index (χ2n) is 9.01. The third-order valence-electron chi connectivity index (χ3n) is 6.52. The lowest BCUT2D eigenvalue weighted by Gasteiger charge is -2.29. The van der Waals surface area contributed by atoms with Crippen LogP contribution in [0.1, 0.15) is 69.3 Å². The number of aromatic nitrogens is 1. The summed E-state index contributed by atoms with van der Waals surface area (Å²) in [6.45, 7) is 5.41. The fourth-order valence-electron chi connectivity index (χ4n) is 5.01. The van der Waals surface area contributed by atoms with Crippen LogP contribution < -0.4 is 5.32 Å². The fraction of sp³-hybridized carbons (Fsp3) is 0.269. The lowest BCUT2D eigenvalue weighted by Crippen LogP contribution is -2.29. The monoisotopic (exact) mass is 411 g/mol. The number of benzene rings is 2. The molecule has 0 radical (unpaired) electrons. The van der Waals surface area contributed by atoms with Crippen molar-refractivity contribution in [3.63, 3.8) is 0 Å². The van der Waals surface area contributed by atoms with Gasteiger partial charge in [0.15, 0.2) is 0 Å². The molecule has 31 heavy (non-hydrogen) atoms. The maximum absolute atomic E-state index is 13.5. The van der Waals surface area contributed by atoms with Gasteiger partial charge in [-0.1, -0.05) is 56.3 Å². The van der Waals surface area contributed by atoms with Crippen LogP contribution in [0.2, 0.25) is 0 Å². The molecule has 1 atom stereocenters. The van der Waals surface area contributed by atoms with Crippen LogP contribution in [-0.2, 0) is 18.5 Å². The molecule has 2 aliphatic rings. The first-order chi connectivity index (χ1) is 15.0. The van der Waals surface area contributed by atoms with Gasteiger partial charge < -0.3 is 10.2 Å². The number of carbonyl (C=O) groups excluding carboxylic acids is 2. The van der Waals surface area contributed by atoms with Crippen molar-refractivity contribution in [3.8, 4) is 0 Å². The van der Waals surface area contributed by atoms with Gasteiger partial charge in [-0.05, 0) is 46.2 Å². The molecule has 5 heteroatoms. The molecule has 1 aromatic heterocycles. The molecule has 5 nitrogen and oxygen atoms in total. The molecule has 0 spiro atoms. The summed E-state index contributed by atoms with van der Waals surface area (Å²) in [5, 5.41) is 2.94. The van der Waals surface area contributed by atoms with Gasteiger partial charge >= 0.3 is 0 Å². The Labute approximate surface area is 182 Å². The van der Waals surface area contributed by atoms with Crippen LogP contribution in [0.15, 0.2) is 67.0 Å². The van der Waals surface area contributed by atoms with Gasteiger partial charge in [-0.15, -0.1) is 0 Å². The van der Waals surface area contributed by atoms with Crippen LogP contribution >= 0.6 is 0 Å². The SMILES string of the molecule is CC1(C)C[C@@H]2c3cccc(C(=O)NCc4cccnc4)c3C(=O)N2Cc2ccccc21. The zero-order valence-corrected chi connectivity index (χ0v) is 17.8. The lowest BCUT2D eigenvalue weighted by molar-refractivity contribution is 0.0694. The zero-order valence-electron chi connectivity index (χ0n) is 17.8. The van der Waals surface area contributed by atoms with Crippen LogP contribution in [0.5, 0.6) is 0 Å². The standard InChI is InChI=1S/C26H25N3O2/c1-26(2)13-22-19-9-5-10-20(24(30)28-15-17-7-6-12-27-14-17)23(19)25(31)29(22)16-18-8-3-4-11-21(18)26/h3-12,14,22H,13,15-16H2,1-2H3,(H,28,30)/t22-/m1/s1. The molecule has 3 heterocycles. The highest BCUT2D eigenvalue weighted by molar-refractivity contribution is 6.10. The van der Waals surface area contributed by atoms with Gasteiger partial charge in [-0.25, -0.2) is 0 Å². The maximum Gasteiger partial charge on any atom is 0.255 e. The lowest BCUT2D eigenvalue weighted by atomic mass is 9.77. The minimum absolute atomic E-state index is 0.0315. The maximum atomic E-state index is 13.5. The van der Waals surface area contributed by atoms with Crippen molar-refractivity contribution in [1.29, 1.82) is 0 Å². The number of nitrogens with zero attached hydrogens (tertiary/aromatic N) is 2. The van der Waals surface area contributed by atoms with Crippen LogP contribution in [-0.4, -0.2) is 21.7 Å². The predicted molar refractivity (Wildman–Crippen MR) is 119 cm³/mol. The summed E-state index contributed by atoms with van der Waals surface area (Å²) < 4.78 is 0. The summed E-state index contributed by atoms with van der Waals surface area (Å²) in [5.74, 6) is -0.286. The molecule has 0 unspecified atom stereocenters. The molecule has 5 rings (SSSR count). The highest BCUT2D eigenvalue weighted by Gasteiger charge is 2.44. The Bertz CT molecular complexity index is 1170. The largest absolute Gasteiger partial charge is 0.348 e. The molecule has 0 fully saturated rings. The highest BCUT2D eigenvalue weighted by Crippen LogP contribution is 2.47. The van der Waals surface area contributed by atoms with Crippen LogP contribution in [0.4, 0.5) is 0 Å². The minimum Gasteiger partial charge on any atom is -0.348 e. The Hall–Kier alpha value is -3.47. The van der Waals surface area contributed by atoms with E-state index in [1.807, 2.05) is 35.2 Å². The average Bonchev–Trinajstić information content (AvgIpc) is 2.96. The van der Waals surface area contributed by atoms with Gasteiger partial charge in [-0.3, -0.25) is 14.6 Å². The molecular formula is C26H25N3O2. The van der Waals surface area contributed by atoms with E-state index >= 15 is 0 Å². The van der Waals surface area contributed by atoms with Gasteiger partial charge in [0.2, 0.25) is 0 Å². The van der Waals surface area contributed by atoms with Crippen LogP contribution in [0, 0.1) is 0 Å². The zero-order chi connectivity index (χ0) is 21.6. The third-order valence-corrected chi connectivity index (χ3v) is 6.52. The summed E-state index contributed by atoms with van der Waals surface area (Å²) in [4.78, 5) is 32.6. The second-order valence-corrected chi connectivity index (χ2v) is 9.01. The molecule has 0 saturated carbocycles. The van der Waals surface area contributed by atoms with Crippen molar-refractivity contribution < 1.29 is 9.59 Å². The number of pyridine rings is 1. The van der Waals surface area contributed by atoms with Crippen molar-refractivity contribution in [1.82, 2.24) is 15.2 Å². The Morgan fingerprint density at radius 3 is 2.77 bits per heavy atom. The summed E-state index contributed by atoms with van der Waals surface area (Å²) >= 11 is 0. The molecule has 0 saturated heterocycles. The van der Waals surface area contributed by atoms with E-state index in [1.54, 1.807) is 18.5 Å². The van der Waals surface area contributed by atoms with E-state index < -0.39 is 0 Å².